The van der Waals surface area contributed by atoms with E-state index in [4.69, 9.17) is 9.84 Å². The molecular formula is C26H24F3NO5S. The summed E-state index contributed by atoms with van der Waals surface area (Å²) >= 11 is 0. The van der Waals surface area contributed by atoms with Gasteiger partial charge in [0.25, 0.3) is 0 Å². The van der Waals surface area contributed by atoms with Crippen molar-refractivity contribution in [3.8, 4) is 16.9 Å². The van der Waals surface area contributed by atoms with Gasteiger partial charge in [-0.3, -0.25) is 0 Å². The molecule has 0 saturated carbocycles. The Morgan fingerprint density at radius 1 is 1.06 bits per heavy atom. The Bertz CT molecular complexity index is 1400. The van der Waals surface area contributed by atoms with Gasteiger partial charge in [0.2, 0.25) is 10.0 Å². The second kappa shape index (κ2) is 9.59. The lowest BCUT2D eigenvalue weighted by Crippen LogP contribution is -2.37. The number of hydrogen-bond acceptors (Lipinski definition) is 4. The van der Waals surface area contributed by atoms with Gasteiger partial charge in [-0.2, -0.15) is 17.5 Å². The first kappa shape index (κ1) is 25.7. The summed E-state index contributed by atoms with van der Waals surface area (Å²) < 4.78 is 72.2. The number of ether oxygens (including phenoxy) is 1. The number of nitrogens with zero attached hydrogens (tertiary/aromatic N) is 1. The number of rotatable bonds is 6. The minimum atomic E-state index is -4.42. The Morgan fingerprint density at radius 3 is 2.33 bits per heavy atom. The number of sulfonamides is 1. The summed E-state index contributed by atoms with van der Waals surface area (Å²) in [6.45, 7) is 3.42. The smallest absolute Gasteiger partial charge is 0.416 e. The van der Waals surface area contributed by atoms with Crippen LogP contribution in [0.25, 0.3) is 11.1 Å². The van der Waals surface area contributed by atoms with Crippen molar-refractivity contribution in [3.63, 3.8) is 0 Å². The number of carboxylic acids is 1. The Morgan fingerprint density at radius 2 is 1.72 bits per heavy atom. The van der Waals surface area contributed by atoms with Crippen LogP contribution in [0.5, 0.6) is 5.75 Å². The van der Waals surface area contributed by atoms with Crippen LogP contribution in [0.2, 0.25) is 0 Å². The quantitative estimate of drug-likeness (QED) is 0.468. The molecule has 36 heavy (non-hydrogen) atoms. The second-order valence-electron chi connectivity index (χ2n) is 8.80. The maximum atomic E-state index is 13.4. The number of carboxylic acid groups (broad SMARTS) is 1. The van der Waals surface area contributed by atoms with Crippen LogP contribution in [0.1, 0.15) is 35.1 Å². The molecule has 10 heteroatoms. The highest BCUT2D eigenvalue weighted by Gasteiger charge is 2.33. The van der Waals surface area contributed by atoms with Crippen LogP contribution in [-0.4, -0.2) is 37.0 Å². The fourth-order valence-electron chi connectivity index (χ4n) is 4.33. The number of aryl methyl sites for hydroxylation is 1. The van der Waals surface area contributed by atoms with Gasteiger partial charge in [-0.1, -0.05) is 31.2 Å². The number of benzene rings is 3. The average Bonchev–Trinajstić information content (AvgIpc) is 2.82. The van der Waals surface area contributed by atoms with Crippen LogP contribution in [0.4, 0.5) is 13.2 Å². The van der Waals surface area contributed by atoms with Crippen molar-refractivity contribution in [2.75, 3.05) is 13.2 Å². The Kier molecular flexibility index (Phi) is 6.85. The van der Waals surface area contributed by atoms with Crippen LogP contribution in [0, 0.1) is 6.92 Å². The first-order valence-electron chi connectivity index (χ1n) is 11.1. The highest BCUT2D eigenvalue weighted by molar-refractivity contribution is 7.89. The van der Waals surface area contributed by atoms with E-state index >= 15 is 0 Å². The minimum absolute atomic E-state index is 0.0669. The van der Waals surface area contributed by atoms with Crippen molar-refractivity contribution >= 4 is 16.0 Å². The molecule has 6 nitrogen and oxygen atoms in total. The van der Waals surface area contributed by atoms with Crippen LogP contribution in [-0.2, 0) is 27.5 Å². The largest absolute Gasteiger partial charge is 0.482 e. The summed E-state index contributed by atoms with van der Waals surface area (Å²) in [5.74, 6) is -0.943. The number of hydrogen-bond donors (Lipinski definition) is 1. The summed E-state index contributed by atoms with van der Waals surface area (Å²) in [4.78, 5) is 10.8. The summed E-state index contributed by atoms with van der Waals surface area (Å²) in [5, 5.41) is 8.79. The molecule has 1 atom stereocenters. The van der Waals surface area contributed by atoms with Gasteiger partial charge in [0.05, 0.1) is 10.5 Å². The molecule has 0 amide bonds. The third-order valence-electron chi connectivity index (χ3n) is 6.18. The molecule has 190 valence electrons. The van der Waals surface area contributed by atoms with Crippen LogP contribution < -0.4 is 4.74 Å². The van der Waals surface area contributed by atoms with Gasteiger partial charge in [-0.15, -0.1) is 0 Å². The molecule has 4 rings (SSSR count). The Labute approximate surface area is 207 Å². The highest BCUT2D eigenvalue weighted by Crippen LogP contribution is 2.36. The molecule has 1 unspecified atom stereocenters. The number of aliphatic carboxylic acids is 1. The van der Waals surface area contributed by atoms with E-state index < -0.39 is 34.3 Å². The average molecular weight is 520 g/mol. The van der Waals surface area contributed by atoms with E-state index in [9.17, 15) is 26.4 Å². The first-order valence-corrected chi connectivity index (χ1v) is 12.6. The normalized spacial score (nSPS) is 16.4. The lowest BCUT2D eigenvalue weighted by molar-refractivity contribution is -0.139. The molecule has 1 heterocycles. The first-order chi connectivity index (χ1) is 16.9. The van der Waals surface area contributed by atoms with E-state index in [0.29, 0.717) is 16.7 Å². The van der Waals surface area contributed by atoms with E-state index in [1.54, 1.807) is 6.92 Å². The zero-order valence-electron chi connectivity index (χ0n) is 19.5. The maximum Gasteiger partial charge on any atom is 0.416 e. The molecule has 0 aliphatic carbocycles. The van der Waals surface area contributed by atoms with Crippen molar-refractivity contribution in [2.45, 2.75) is 37.4 Å². The van der Waals surface area contributed by atoms with E-state index in [-0.39, 0.29) is 29.7 Å². The minimum Gasteiger partial charge on any atom is -0.482 e. The summed E-state index contributed by atoms with van der Waals surface area (Å²) in [7, 11) is -3.87. The summed E-state index contributed by atoms with van der Waals surface area (Å²) in [6.07, 6.45) is -4.42. The summed E-state index contributed by atoms with van der Waals surface area (Å²) in [5.41, 5.74) is 2.84. The van der Waals surface area contributed by atoms with E-state index in [1.165, 1.54) is 34.6 Å². The molecule has 1 aliphatic heterocycles. The molecule has 0 bridgehead atoms. The fourth-order valence-corrected chi connectivity index (χ4v) is 5.92. The van der Waals surface area contributed by atoms with Crippen molar-refractivity contribution in [1.82, 2.24) is 4.31 Å². The monoisotopic (exact) mass is 519 g/mol. The SMILES string of the molecule is Cc1cc(S(=O)(=O)N2Cc3cc(-c4ccc(C(F)(F)F)cc4)ccc3C(C)C2)ccc1OCC(=O)O. The Balaban J connectivity index is 1.60. The predicted molar refractivity (Wildman–Crippen MR) is 127 cm³/mol. The molecule has 0 radical (unpaired) electrons. The van der Waals surface area contributed by atoms with Gasteiger partial charge in [-0.25, -0.2) is 13.2 Å². The molecule has 3 aromatic rings. The topological polar surface area (TPSA) is 83.9 Å². The molecule has 3 aromatic carbocycles. The third kappa shape index (κ3) is 5.24. The number of alkyl halides is 3. The van der Waals surface area contributed by atoms with Crippen molar-refractivity contribution < 1.29 is 36.2 Å². The number of fused-ring (bicyclic) bond motifs is 1. The Hall–Kier alpha value is -3.37. The lowest BCUT2D eigenvalue weighted by Gasteiger charge is -2.32. The molecule has 1 N–H and O–H groups in total. The molecule has 0 saturated heterocycles. The number of halogens is 3. The van der Waals surface area contributed by atoms with E-state index in [0.717, 1.165) is 23.3 Å². The van der Waals surface area contributed by atoms with Gasteiger partial charge in [-0.05, 0) is 77.1 Å². The van der Waals surface area contributed by atoms with Crippen LogP contribution in [0.3, 0.4) is 0 Å². The standard InChI is InChI=1S/C26H24F3NO5S/c1-16-11-22(8-10-24(16)35-15-25(31)32)36(33,34)30-13-17(2)23-9-5-19(12-20(23)14-30)18-3-6-21(7-4-18)26(27,28)29/h3-12,17H,13-15H2,1-2H3,(H,31,32). The zero-order valence-corrected chi connectivity index (χ0v) is 20.4. The molecule has 0 spiro atoms. The maximum absolute atomic E-state index is 13.4. The lowest BCUT2D eigenvalue weighted by atomic mass is 9.89. The molecular weight excluding hydrogens is 495 g/mol. The van der Waals surface area contributed by atoms with Gasteiger partial charge in [0.15, 0.2) is 6.61 Å². The highest BCUT2D eigenvalue weighted by atomic mass is 32.2. The van der Waals surface area contributed by atoms with Gasteiger partial charge in [0, 0.05) is 13.1 Å². The molecule has 0 fully saturated rings. The van der Waals surface area contributed by atoms with Crippen molar-refractivity contribution in [2.24, 2.45) is 0 Å². The van der Waals surface area contributed by atoms with Crippen molar-refractivity contribution in [1.29, 1.82) is 0 Å². The van der Waals surface area contributed by atoms with Gasteiger partial charge in [0.1, 0.15) is 5.75 Å². The van der Waals surface area contributed by atoms with Crippen LogP contribution in [0.15, 0.2) is 65.6 Å². The second-order valence-corrected chi connectivity index (χ2v) is 10.7. The van der Waals surface area contributed by atoms with E-state index in [2.05, 4.69) is 0 Å². The zero-order chi connectivity index (χ0) is 26.3. The van der Waals surface area contributed by atoms with Gasteiger partial charge >= 0.3 is 12.1 Å². The third-order valence-corrected chi connectivity index (χ3v) is 7.99. The van der Waals surface area contributed by atoms with Crippen molar-refractivity contribution in [3.05, 3.63) is 82.9 Å². The molecule has 0 aromatic heterocycles. The van der Waals surface area contributed by atoms with Crippen LogP contribution >= 0.6 is 0 Å². The fraction of sp³-hybridized carbons (Fsp3) is 0.269. The summed E-state index contributed by atoms with van der Waals surface area (Å²) in [6, 6.07) is 14.7. The predicted octanol–water partition coefficient (Wildman–Crippen LogP) is 5.45. The molecule has 1 aliphatic rings. The number of carbonyl (C=O) groups is 1. The van der Waals surface area contributed by atoms with E-state index in [1.807, 2.05) is 25.1 Å². The van der Waals surface area contributed by atoms with Gasteiger partial charge < -0.3 is 9.84 Å².